The highest BCUT2D eigenvalue weighted by Crippen LogP contribution is 2.26. The monoisotopic (exact) mass is 278 g/mol. The lowest BCUT2D eigenvalue weighted by Crippen LogP contribution is -2.32. The van der Waals surface area contributed by atoms with E-state index in [9.17, 15) is 0 Å². The maximum Gasteiger partial charge on any atom is 0.0635 e. The molecule has 1 unspecified atom stereocenters. The summed E-state index contributed by atoms with van der Waals surface area (Å²) in [6.07, 6.45) is 4.49. The number of rotatable bonds is 4. The summed E-state index contributed by atoms with van der Waals surface area (Å²) in [7, 11) is 0. The second-order valence-corrected chi connectivity index (χ2v) is 5.68. The standard InChI is InChI=1S/C19H22N2/c1-3-7-16(8-4-1)14-20-15-17-11-12-21-19(13-17)18-9-5-2-6-10-18/h1-10,15,17,19,21H,11-14H2/t17?,19-/m1/s1. The van der Waals surface area contributed by atoms with E-state index in [-0.39, 0.29) is 0 Å². The molecular formula is C19H22N2. The summed E-state index contributed by atoms with van der Waals surface area (Å²) in [5.41, 5.74) is 2.67. The Kier molecular flexibility index (Phi) is 4.80. The molecule has 0 aliphatic carbocycles. The topological polar surface area (TPSA) is 24.4 Å². The van der Waals surface area contributed by atoms with Crippen LogP contribution >= 0.6 is 0 Å². The summed E-state index contributed by atoms with van der Waals surface area (Å²) in [4.78, 5) is 4.64. The van der Waals surface area contributed by atoms with Crippen molar-refractivity contribution in [3.05, 3.63) is 71.8 Å². The fourth-order valence-corrected chi connectivity index (χ4v) is 2.91. The van der Waals surface area contributed by atoms with Gasteiger partial charge in [0.1, 0.15) is 0 Å². The van der Waals surface area contributed by atoms with Crippen molar-refractivity contribution in [2.75, 3.05) is 6.54 Å². The minimum absolute atomic E-state index is 0.466. The predicted molar refractivity (Wildman–Crippen MR) is 88.5 cm³/mol. The first-order valence-electron chi connectivity index (χ1n) is 7.74. The summed E-state index contributed by atoms with van der Waals surface area (Å²) in [5.74, 6) is 0.583. The first-order chi connectivity index (χ1) is 10.4. The van der Waals surface area contributed by atoms with Gasteiger partial charge >= 0.3 is 0 Å². The maximum absolute atomic E-state index is 4.64. The van der Waals surface area contributed by atoms with Gasteiger partial charge in [0.05, 0.1) is 6.54 Å². The lowest BCUT2D eigenvalue weighted by Gasteiger charge is -2.28. The summed E-state index contributed by atoms with van der Waals surface area (Å²) in [6, 6.07) is 21.6. The number of nitrogens with one attached hydrogen (secondary N) is 1. The van der Waals surface area contributed by atoms with Crippen molar-refractivity contribution in [2.24, 2.45) is 10.9 Å². The van der Waals surface area contributed by atoms with Gasteiger partial charge in [0, 0.05) is 12.3 Å². The Morgan fingerprint density at radius 2 is 1.71 bits per heavy atom. The van der Waals surface area contributed by atoms with Crippen molar-refractivity contribution in [1.82, 2.24) is 5.32 Å². The van der Waals surface area contributed by atoms with E-state index in [0.717, 1.165) is 19.5 Å². The Morgan fingerprint density at radius 1 is 1.00 bits per heavy atom. The van der Waals surface area contributed by atoms with Crippen molar-refractivity contribution in [3.63, 3.8) is 0 Å². The van der Waals surface area contributed by atoms with Crippen LogP contribution in [0.4, 0.5) is 0 Å². The average molecular weight is 278 g/mol. The van der Waals surface area contributed by atoms with Crippen molar-refractivity contribution in [3.8, 4) is 0 Å². The van der Waals surface area contributed by atoms with E-state index < -0.39 is 0 Å². The predicted octanol–water partition coefficient (Wildman–Crippen LogP) is 4.00. The zero-order valence-corrected chi connectivity index (χ0v) is 12.3. The van der Waals surface area contributed by atoms with Gasteiger partial charge in [-0.05, 0) is 36.4 Å². The maximum atomic E-state index is 4.64. The van der Waals surface area contributed by atoms with Crippen LogP contribution in [0.5, 0.6) is 0 Å². The number of aliphatic imine (C=N–C) groups is 1. The smallest absolute Gasteiger partial charge is 0.0635 e. The van der Waals surface area contributed by atoms with Gasteiger partial charge < -0.3 is 5.32 Å². The second-order valence-electron chi connectivity index (χ2n) is 5.68. The molecule has 0 saturated carbocycles. The molecule has 2 aromatic rings. The highest BCUT2D eigenvalue weighted by molar-refractivity contribution is 5.61. The Morgan fingerprint density at radius 3 is 2.48 bits per heavy atom. The van der Waals surface area contributed by atoms with Crippen LogP contribution in [0.15, 0.2) is 65.7 Å². The van der Waals surface area contributed by atoms with E-state index in [2.05, 4.69) is 71.1 Å². The molecule has 0 amide bonds. The van der Waals surface area contributed by atoms with Gasteiger partial charge in [-0.25, -0.2) is 0 Å². The molecule has 108 valence electrons. The molecule has 2 aromatic carbocycles. The lowest BCUT2D eigenvalue weighted by molar-refractivity contribution is 0.369. The summed E-state index contributed by atoms with van der Waals surface area (Å²) < 4.78 is 0. The minimum Gasteiger partial charge on any atom is -0.310 e. The van der Waals surface area contributed by atoms with Crippen molar-refractivity contribution in [2.45, 2.75) is 25.4 Å². The molecule has 0 aromatic heterocycles. The van der Waals surface area contributed by atoms with Crippen molar-refractivity contribution >= 4 is 6.21 Å². The Hall–Kier alpha value is -1.93. The first kappa shape index (κ1) is 14.0. The van der Waals surface area contributed by atoms with Crippen LogP contribution in [0, 0.1) is 5.92 Å². The van der Waals surface area contributed by atoms with E-state index in [0.29, 0.717) is 12.0 Å². The third kappa shape index (κ3) is 4.02. The number of nitrogens with zero attached hydrogens (tertiary/aromatic N) is 1. The minimum atomic E-state index is 0.466. The number of benzene rings is 2. The van der Waals surface area contributed by atoms with Gasteiger partial charge in [-0.15, -0.1) is 0 Å². The van der Waals surface area contributed by atoms with Gasteiger partial charge in [-0.1, -0.05) is 60.7 Å². The van der Waals surface area contributed by atoms with Crippen LogP contribution < -0.4 is 5.32 Å². The summed E-state index contributed by atoms with van der Waals surface area (Å²) >= 11 is 0. The van der Waals surface area contributed by atoms with Gasteiger partial charge in [0.2, 0.25) is 0 Å². The summed E-state index contributed by atoms with van der Waals surface area (Å²) in [5, 5.41) is 3.61. The third-order valence-corrected chi connectivity index (χ3v) is 4.08. The molecule has 0 spiro atoms. The van der Waals surface area contributed by atoms with Crippen LogP contribution in [-0.2, 0) is 6.54 Å². The fraction of sp³-hybridized carbons (Fsp3) is 0.316. The SMILES string of the molecule is C(=NCc1ccccc1)C1CCN[C@@H](c2ccccc2)C1. The third-order valence-electron chi connectivity index (χ3n) is 4.08. The molecule has 1 fully saturated rings. The van der Waals surface area contributed by atoms with Crippen LogP contribution in [0.2, 0.25) is 0 Å². The molecule has 2 heteroatoms. The lowest BCUT2D eigenvalue weighted by atomic mass is 9.89. The average Bonchev–Trinajstić information content (AvgIpc) is 2.57. The Balaban J connectivity index is 1.56. The van der Waals surface area contributed by atoms with Gasteiger partial charge in [-0.2, -0.15) is 0 Å². The molecule has 0 bridgehead atoms. The van der Waals surface area contributed by atoms with Crippen molar-refractivity contribution in [1.29, 1.82) is 0 Å². The Labute approximate surface area is 126 Å². The van der Waals surface area contributed by atoms with E-state index in [1.54, 1.807) is 0 Å². The van der Waals surface area contributed by atoms with E-state index in [4.69, 9.17) is 0 Å². The summed E-state index contributed by atoms with van der Waals surface area (Å²) in [6.45, 7) is 1.86. The highest BCUT2D eigenvalue weighted by atomic mass is 14.9. The molecule has 1 N–H and O–H groups in total. The molecule has 1 aliphatic rings. The molecule has 0 radical (unpaired) electrons. The molecule has 1 aliphatic heterocycles. The van der Waals surface area contributed by atoms with Gasteiger partial charge in [-0.3, -0.25) is 4.99 Å². The number of hydrogen-bond donors (Lipinski definition) is 1. The molecule has 1 heterocycles. The highest BCUT2D eigenvalue weighted by Gasteiger charge is 2.21. The largest absolute Gasteiger partial charge is 0.310 e. The Bertz CT molecular complexity index is 563. The molecule has 2 atom stereocenters. The van der Waals surface area contributed by atoms with Gasteiger partial charge in [0.15, 0.2) is 0 Å². The van der Waals surface area contributed by atoms with E-state index >= 15 is 0 Å². The molecule has 21 heavy (non-hydrogen) atoms. The van der Waals surface area contributed by atoms with Crippen LogP contribution in [-0.4, -0.2) is 12.8 Å². The molecule has 2 nitrogen and oxygen atoms in total. The van der Waals surface area contributed by atoms with E-state index in [1.165, 1.54) is 17.5 Å². The molecule has 1 saturated heterocycles. The normalized spacial score (nSPS) is 22.5. The zero-order valence-electron chi connectivity index (χ0n) is 12.3. The fourth-order valence-electron chi connectivity index (χ4n) is 2.91. The first-order valence-corrected chi connectivity index (χ1v) is 7.74. The van der Waals surface area contributed by atoms with Crippen molar-refractivity contribution < 1.29 is 0 Å². The van der Waals surface area contributed by atoms with Crippen LogP contribution in [0.1, 0.15) is 30.0 Å². The quantitative estimate of drug-likeness (QED) is 0.840. The van der Waals surface area contributed by atoms with Crippen LogP contribution in [0.3, 0.4) is 0 Å². The number of piperidine rings is 1. The zero-order chi connectivity index (χ0) is 14.3. The van der Waals surface area contributed by atoms with Crippen LogP contribution in [0.25, 0.3) is 0 Å². The van der Waals surface area contributed by atoms with Gasteiger partial charge in [0.25, 0.3) is 0 Å². The van der Waals surface area contributed by atoms with E-state index in [1.807, 2.05) is 6.07 Å². The molecule has 3 rings (SSSR count). The second kappa shape index (κ2) is 7.19. The molecular weight excluding hydrogens is 256 g/mol. The number of hydrogen-bond acceptors (Lipinski definition) is 2.